The fourth-order valence-corrected chi connectivity index (χ4v) is 3.96. The lowest BCUT2D eigenvalue weighted by molar-refractivity contribution is 0.414. The van der Waals surface area contributed by atoms with Crippen molar-refractivity contribution in [2.24, 2.45) is 0 Å². The van der Waals surface area contributed by atoms with E-state index in [0.29, 0.717) is 0 Å². The number of thioether (sulfide) groups is 1. The Balaban J connectivity index is 1.96. The van der Waals surface area contributed by atoms with Crippen molar-refractivity contribution in [2.45, 2.75) is 30.3 Å². The van der Waals surface area contributed by atoms with Crippen LogP contribution in [0.25, 0.3) is 0 Å². The van der Waals surface area contributed by atoms with Crippen LogP contribution in [0, 0.1) is 0 Å². The highest BCUT2D eigenvalue weighted by Gasteiger charge is 2.15. The molecule has 0 bridgehead atoms. The second-order valence-electron chi connectivity index (χ2n) is 5.91. The van der Waals surface area contributed by atoms with E-state index < -0.39 is 8.07 Å². The zero-order chi connectivity index (χ0) is 14.6. The molecular weight excluding hydrogens is 280 g/mol. The molecule has 0 saturated carbocycles. The number of hydrogen-bond acceptors (Lipinski definition) is 2. The number of ether oxygens (including phenoxy) is 1. The molecule has 0 aliphatic heterocycles. The maximum absolute atomic E-state index is 5.17. The van der Waals surface area contributed by atoms with Gasteiger partial charge in [0.15, 0.2) is 0 Å². The smallest absolute Gasteiger partial charge is 0.118 e. The summed E-state index contributed by atoms with van der Waals surface area (Å²) in [6.45, 7) is 7.15. The predicted octanol–water partition coefficient (Wildman–Crippen LogP) is 4.53. The first kappa shape index (κ1) is 15.2. The lowest BCUT2D eigenvalue weighted by Gasteiger charge is -2.16. The molecule has 2 rings (SSSR count). The molecule has 0 heterocycles. The van der Waals surface area contributed by atoms with Crippen LogP contribution < -0.4 is 9.92 Å². The summed E-state index contributed by atoms with van der Waals surface area (Å²) in [5.74, 6) is 1.92. The minimum absolute atomic E-state index is 0.911. The Bertz CT molecular complexity index is 541. The third-order valence-corrected chi connectivity index (χ3v) is 6.43. The highest BCUT2D eigenvalue weighted by molar-refractivity contribution is 7.98. The maximum atomic E-state index is 5.17. The van der Waals surface area contributed by atoms with Gasteiger partial charge in [-0.2, -0.15) is 0 Å². The minimum Gasteiger partial charge on any atom is -0.497 e. The molecule has 0 N–H and O–H groups in total. The van der Waals surface area contributed by atoms with Crippen molar-refractivity contribution in [1.29, 1.82) is 0 Å². The normalized spacial score (nSPS) is 11.4. The Morgan fingerprint density at radius 3 is 2.00 bits per heavy atom. The summed E-state index contributed by atoms with van der Waals surface area (Å²) in [7, 11) is 0.522. The van der Waals surface area contributed by atoms with Gasteiger partial charge in [0.25, 0.3) is 0 Å². The molecule has 0 spiro atoms. The summed E-state index contributed by atoms with van der Waals surface area (Å²) in [6, 6.07) is 17.4. The van der Waals surface area contributed by atoms with Gasteiger partial charge in [-0.3, -0.25) is 0 Å². The van der Waals surface area contributed by atoms with Crippen molar-refractivity contribution in [3.05, 3.63) is 54.1 Å². The topological polar surface area (TPSA) is 9.23 Å². The molecule has 0 unspecified atom stereocenters. The van der Waals surface area contributed by atoms with E-state index in [2.05, 4.69) is 56.0 Å². The zero-order valence-corrected chi connectivity index (χ0v) is 14.5. The number of rotatable bonds is 5. The Labute approximate surface area is 127 Å². The van der Waals surface area contributed by atoms with Crippen LogP contribution in [-0.4, -0.2) is 15.2 Å². The van der Waals surface area contributed by atoms with Gasteiger partial charge in [-0.15, -0.1) is 11.8 Å². The van der Waals surface area contributed by atoms with Gasteiger partial charge in [-0.25, -0.2) is 0 Å². The van der Waals surface area contributed by atoms with Crippen molar-refractivity contribution in [1.82, 2.24) is 0 Å². The molecular formula is C17H22OSSi. The van der Waals surface area contributed by atoms with Gasteiger partial charge in [0.2, 0.25) is 0 Å². The fourth-order valence-electron chi connectivity index (χ4n) is 1.94. The van der Waals surface area contributed by atoms with E-state index >= 15 is 0 Å². The van der Waals surface area contributed by atoms with Gasteiger partial charge in [0, 0.05) is 10.6 Å². The monoisotopic (exact) mass is 302 g/mol. The first-order chi connectivity index (χ1) is 9.49. The van der Waals surface area contributed by atoms with E-state index in [1.807, 2.05) is 23.9 Å². The van der Waals surface area contributed by atoms with Gasteiger partial charge in [-0.05, 0) is 29.8 Å². The Morgan fingerprint density at radius 1 is 0.900 bits per heavy atom. The second-order valence-corrected chi connectivity index (χ2v) is 12.0. The summed E-state index contributed by atoms with van der Waals surface area (Å²) < 4.78 is 5.17. The van der Waals surface area contributed by atoms with Crippen LogP contribution in [-0.2, 0) is 5.75 Å². The summed E-state index contributed by atoms with van der Waals surface area (Å²) in [6.07, 6.45) is 0. The van der Waals surface area contributed by atoms with Crippen LogP contribution in [0.5, 0.6) is 5.75 Å². The van der Waals surface area contributed by atoms with Crippen LogP contribution in [0.1, 0.15) is 5.56 Å². The van der Waals surface area contributed by atoms with Crippen molar-refractivity contribution < 1.29 is 4.74 Å². The number of hydrogen-bond donors (Lipinski definition) is 0. The molecule has 106 valence electrons. The Kier molecular flexibility index (Phi) is 4.94. The van der Waals surface area contributed by atoms with E-state index in [1.54, 1.807) is 7.11 Å². The Hall–Kier alpha value is -1.19. The molecule has 0 fully saturated rings. The van der Waals surface area contributed by atoms with Gasteiger partial charge in [0.05, 0.1) is 15.2 Å². The average molecular weight is 303 g/mol. The van der Waals surface area contributed by atoms with Gasteiger partial charge < -0.3 is 4.74 Å². The Morgan fingerprint density at radius 2 is 1.50 bits per heavy atom. The molecule has 2 aromatic carbocycles. The standard InChI is InChI=1S/C17H22OSSi/c1-18-15-7-9-16(10-8-15)19-13-14-5-11-17(12-6-14)20(2,3)4/h5-12H,13H2,1-4H3. The highest BCUT2D eigenvalue weighted by atomic mass is 32.2. The second kappa shape index (κ2) is 6.51. The van der Waals surface area contributed by atoms with Crippen LogP contribution in [0.3, 0.4) is 0 Å². The van der Waals surface area contributed by atoms with Crippen molar-refractivity contribution >= 4 is 25.0 Å². The zero-order valence-electron chi connectivity index (χ0n) is 12.6. The number of methoxy groups -OCH3 is 1. The SMILES string of the molecule is COc1ccc(SCc2ccc([Si](C)(C)C)cc2)cc1. The molecule has 0 aliphatic rings. The van der Waals surface area contributed by atoms with Crippen LogP contribution in [0.15, 0.2) is 53.4 Å². The molecule has 0 radical (unpaired) electrons. The predicted molar refractivity (Wildman–Crippen MR) is 92.0 cm³/mol. The molecule has 20 heavy (non-hydrogen) atoms. The molecule has 0 aromatic heterocycles. The van der Waals surface area contributed by atoms with E-state index in [9.17, 15) is 0 Å². The maximum Gasteiger partial charge on any atom is 0.118 e. The highest BCUT2D eigenvalue weighted by Crippen LogP contribution is 2.24. The first-order valence-corrected chi connectivity index (χ1v) is 11.3. The largest absolute Gasteiger partial charge is 0.497 e. The summed E-state index contributed by atoms with van der Waals surface area (Å²) >= 11 is 1.86. The molecule has 0 atom stereocenters. The van der Waals surface area contributed by atoms with Crippen LogP contribution >= 0.6 is 11.8 Å². The van der Waals surface area contributed by atoms with E-state index in [0.717, 1.165) is 11.5 Å². The van der Waals surface area contributed by atoms with Crippen molar-refractivity contribution in [2.75, 3.05) is 7.11 Å². The molecule has 1 nitrogen and oxygen atoms in total. The van der Waals surface area contributed by atoms with Crippen molar-refractivity contribution in [3.8, 4) is 5.75 Å². The minimum atomic E-state index is -1.17. The van der Waals surface area contributed by atoms with Crippen molar-refractivity contribution in [3.63, 3.8) is 0 Å². The van der Waals surface area contributed by atoms with Crippen LogP contribution in [0.2, 0.25) is 19.6 Å². The average Bonchev–Trinajstić information content (AvgIpc) is 2.45. The third kappa shape index (κ3) is 4.15. The molecule has 3 heteroatoms. The lowest BCUT2D eigenvalue weighted by atomic mass is 10.2. The summed E-state index contributed by atoms with van der Waals surface area (Å²) in [5, 5.41) is 1.52. The molecule has 0 saturated heterocycles. The first-order valence-electron chi connectivity index (χ1n) is 6.85. The quantitative estimate of drug-likeness (QED) is 0.592. The molecule has 2 aromatic rings. The van der Waals surface area contributed by atoms with E-state index in [-0.39, 0.29) is 0 Å². The summed E-state index contributed by atoms with van der Waals surface area (Å²) in [5.41, 5.74) is 1.38. The molecule has 0 amide bonds. The van der Waals surface area contributed by atoms with E-state index in [1.165, 1.54) is 15.6 Å². The van der Waals surface area contributed by atoms with E-state index in [4.69, 9.17) is 4.74 Å². The van der Waals surface area contributed by atoms with Gasteiger partial charge in [0.1, 0.15) is 5.75 Å². The summed E-state index contributed by atoms with van der Waals surface area (Å²) in [4.78, 5) is 1.28. The third-order valence-electron chi connectivity index (χ3n) is 3.28. The lowest BCUT2D eigenvalue weighted by Crippen LogP contribution is -2.37. The fraction of sp³-hybridized carbons (Fsp3) is 0.294. The number of benzene rings is 2. The van der Waals surface area contributed by atoms with Crippen LogP contribution in [0.4, 0.5) is 0 Å². The molecule has 0 aliphatic carbocycles. The van der Waals surface area contributed by atoms with Gasteiger partial charge in [-0.1, -0.05) is 49.1 Å². The van der Waals surface area contributed by atoms with Gasteiger partial charge >= 0.3 is 0 Å².